The number of ether oxygens (including phenoxy) is 1. The highest BCUT2D eigenvalue weighted by Crippen LogP contribution is 2.48. The van der Waals surface area contributed by atoms with E-state index in [-0.39, 0.29) is 0 Å². The Balaban J connectivity index is 2.19. The summed E-state index contributed by atoms with van der Waals surface area (Å²) in [6.07, 6.45) is 5.81. The average molecular weight is 316 g/mol. The monoisotopic (exact) mass is 314 g/mol. The van der Waals surface area contributed by atoms with Gasteiger partial charge in [0.25, 0.3) is 0 Å². The largest absolute Gasteiger partial charge is 0.488 e. The molecular formula is C11H8Br2O. The Hall–Kier alpha value is -0.280. The first-order valence-corrected chi connectivity index (χ1v) is 6.16. The molecule has 0 aromatic heterocycles. The quantitative estimate of drug-likeness (QED) is 0.657. The third-order valence-corrected chi connectivity index (χ3v) is 3.82. The molecule has 3 heteroatoms. The predicted molar refractivity (Wildman–Crippen MR) is 62.8 cm³/mol. The molecule has 1 aromatic carbocycles. The standard InChI is InChI=1S/C11H8Br2O/c12-6-4-8-7-2-1-3-10(7)14-11(8)9(13)5-6/h1-2,4-5,7,10H,3H2. The Kier molecular flexibility index (Phi) is 1.99. The number of benzene rings is 1. The maximum atomic E-state index is 5.89. The van der Waals surface area contributed by atoms with Crippen LogP contribution in [-0.2, 0) is 0 Å². The van der Waals surface area contributed by atoms with E-state index in [4.69, 9.17) is 4.74 Å². The third kappa shape index (κ3) is 1.18. The summed E-state index contributed by atoms with van der Waals surface area (Å²) in [5.41, 5.74) is 1.30. The second-order valence-electron chi connectivity index (χ2n) is 3.65. The molecule has 1 aromatic rings. The summed E-state index contributed by atoms with van der Waals surface area (Å²) in [6.45, 7) is 0. The molecule has 2 aliphatic rings. The lowest BCUT2D eigenvalue weighted by Gasteiger charge is -2.07. The Morgan fingerprint density at radius 1 is 1.29 bits per heavy atom. The topological polar surface area (TPSA) is 9.23 Å². The van der Waals surface area contributed by atoms with E-state index >= 15 is 0 Å². The van der Waals surface area contributed by atoms with Gasteiger partial charge in [-0.05, 0) is 28.1 Å². The van der Waals surface area contributed by atoms with Crippen LogP contribution in [0.15, 0.2) is 33.2 Å². The van der Waals surface area contributed by atoms with E-state index in [1.165, 1.54) is 5.56 Å². The van der Waals surface area contributed by atoms with Crippen molar-refractivity contribution in [2.75, 3.05) is 0 Å². The van der Waals surface area contributed by atoms with Crippen LogP contribution in [0.5, 0.6) is 5.75 Å². The van der Waals surface area contributed by atoms with Crippen molar-refractivity contribution in [1.82, 2.24) is 0 Å². The van der Waals surface area contributed by atoms with Gasteiger partial charge in [0, 0.05) is 22.4 Å². The van der Waals surface area contributed by atoms with Crippen LogP contribution >= 0.6 is 31.9 Å². The fourth-order valence-electron chi connectivity index (χ4n) is 2.16. The number of rotatable bonds is 0. The van der Waals surface area contributed by atoms with Crippen molar-refractivity contribution in [2.45, 2.75) is 18.4 Å². The number of hydrogen-bond donors (Lipinski definition) is 0. The van der Waals surface area contributed by atoms with Gasteiger partial charge in [0.05, 0.1) is 4.47 Å². The van der Waals surface area contributed by atoms with E-state index < -0.39 is 0 Å². The molecule has 0 radical (unpaired) electrons. The predicted octanol–water partition coefficient (Wildman–Crippen LogP) is 4.02. The van der Waals surface area contributed by atoms with Gasteiger partial charge in [-0.25, -0.2) is 0 Å². The van der Waals surface area contributed by atoms with Gasteiger partial charge in [0.1, 0.15) is 11.9 Å². The molecule has 0 bridgehead atoms. The van der Waals surface area contributed by atoms with Crippen molar-refractivity contribution in [3.63, 3.8) is 0 Å². The summed E-state index contributed by atoms with van der Waals surface area (Å²) in [5.74, 6) is 1.48. The fraction of sp³-hybridized carbons (Fsp3) is 0.273. The normalized spacial score (nSPS) is 27.3. The molecule has 1 nitrogen and oxygen atoms in total. The van der Waals surface area contributed by atoms with Crippen molar-refractivity contribution in [3.8, 4) is 5.75 Å². The van der Waals surface area contributed by atoms with Gasteiger partial charge in [-0.2, -0.15) is 0 Å². The molecule has 1 heterocycles. The van der Waals surface area contributed by atoms with Gasteiger partial charge < -0.3 is 4.74 Å². The minimum atomic E-state index is 0.329. The zero-order valence-corrected chi connectivity index (χ0v) is 10.5. The van der Waals surface area contributed by atoms with Crippen LogP contribution in [-0.4, -0.2) is 6.10 Å². The molecule has 14 heavy (non-hydrogen) atoms. The first-order valence-electron chi connectivity index (χ1n) is 4.58. The molecule has 0 fully saturated rings. The van der Waals surface area contributed by atoms with Crippen LogP contribution in [0.3, 0.4) is 0 Å². The molecule has 72 valence electrons. The van der Waals surface area contributed by atoms with E-state index in [0.717, 1.165) is 21.1 Å². The van der Waals surface area contributed by atoms with Gasteiger partial charge in [-0.3, -0.25) is 0 Å². The van der Waals surface area contributed by atoms with Crippen LogP contribution in [0.25, 0.3) is 0 Å². The SMILES string of the molecule is Brc1cc(Br)c2c(c1)C1C=CCC1O2. The summed E-state index contributed by atoms with van der Waals surface area (Å²) >= 11 is 7.03. The second kappa shape index (κ2) is 3.11. The number of hydrogen-bond acceptors (Lipinski definition) is 1. The first-order chi connectivity index (χ1) is 6.75. The lowest BCUT2D eigenvalue weighted by Crippen LogP contribution is -2.11. The summed E-state index contributed by atoms with van der Waals surface area (Å²) in [4.78, 5) is 0. The summed E-state index contributed by atoms with van der Waals surface area (Å²) in [6, 6.07) is 4.18. The molecule has 0 amide bonds. The highest BCUT2D eigenvalue weighted by molar-refractivity contribution is 9.11. The van der Waals surface area contributed by atoms with E-state index in [9.17, 15) is 0 Å². The number of halogens is 2. The fourth-order valence-corrected chi connectivity index (χ4v) is 3.51. The van der Waals surface area contributed by atoms with E-state index in [0.29, 0.717) is 12.0 Å². The maximum Gasteiger partial charge on any atom is 0.137 e. The van der Waals surface area contributed by atoms with E-state index in [2.05, 4.69) is 50.1 Å². The smallest absolute Gasteiger partial charge is 0.137 e. The van der Waals surface area contributed by atoms with Gasteiger partial charge in [-0.1, -0.05) is 28.1 Å². The molecular weight excluding hydrogens is 308 g/mol. The third-order valence-electron chi connectivity index (χ3n) is 2.78. The minimum Gasteiger partial charge on any atom is -0.488 e. The average Bonchev–Trinajstić information content (AvgIpc) is 2.65. The molecule has 0 spiro atoms. The van der Waals surface area contributed by atoms with Crippen LogP contribution in [0.1, 0.15) is 17.9 Å². The Morgan fingerprint density at radius 3 is 3.00 bits per heavy atom. The van der Waals surface area contributed by atoms with Crippen molar-refractivity contribution >= 4 is 31.9 Å². The zero-order chi connectivity index (χ0) is 9.71. The van der Waals surface area contributed by atoms with E-state index in [1.54, 1.807) is 0 Å². The van der Waals surface area contributed by atoms with E-state index in [1.807, 2.05) is 6.07 Å². The molecule has 3 rings (SSSR count). The Labute approximate surface area is 99.4 Å². The van der Waals surface area contributed by atoms with Gasteiger partial charge in [0.15, 0.2) is 0 Å². The summed E-state index contributed by atoms with van der Waals surface area (Å²) in [7, 11) is 0. The van der Waals surface area contributed by atoms with Crippen LogP contribution in [0.4, 0.5) is 0 Å². The van der Waals surface area contributed by atoms with Crippen LogP contribution in [0.2, 0.25) is 0 Å². The molecule has 0 saturated heterocycles. The molecule has 2 atom stereocenters. The molecule has 0 saturated carbocycles. The van der Waals surface area contributed by atoms with Gasteiger partial charge in [-0.15, -0.1) is 0 Å². The zero-order valence-electron chi connectivity index (χ0n) is 7.34. The molecule has 2 unspecified atom stereocenters. The van der Waals surface area contributed by atoms with Crippen molar-refractivity contribution in [1.29, 1.82) is 0 Å². The lowest BCUT2D eigenvalue weighted by atomic mass is 9.99. The van der Waals surface area contributed by atoms with Crippen molar-refractivity contribution in [2.24, 2.45) is 0 Å². The van der Waals surface area contributed by atoms with Crippen molar-refractivity contribution in [3.05, 3.63) is 38.8 Å². The second-order valence-corrected chi connectivity index (χ2v) is 5.42. The first kappa shape index (κ1) is 8.98. The van der Waals surface area contributed by atoms with Gasteiger partial charge >= 0.3 is 0 Å². The molecule has 0 N–H and O–H groups in total. The van der Waals surface area contributed by atoms with Crippen LogP contribution < -0.4 is 4.74 Å². The molecule has 1 aliphatic carbocycles. The van der Waals surface area contributed by atoms with Crippen LogP contribution in [0, 0.1) is 0 Å². The molecule has 1 aliphatic heterocycles. The highest BCUT2D eigenvalue weighted by Gasteiger charge is 2.36. The Morgan fingerprint density at radius 2 is 2.14 bits per heavy atom. The Bertz CT molecular complexity index is 426. The highest BCUT2D eigenvalue weighted by atomic mass is 79.9. The maximum absolute atomic E-state index is 5.89. The summed E-state index contributed by atoms with van der Waals surface area (Å²) < 4.78 is 8.04. The summed E-state index contributed by atoms with van der Waals surface area (Å²) in [5, 5.41) is 0. The van der Waals surface area contributed by atoms with Gasteiger partial charge in [0.2, 0.25) is 0 Å². The minimum absolute atomic E-state index is 0.329. The van der Waals surface area contributed by atoms with Crippen molar-refractivity contribution < 1.29 is 4.74 Å². The lowest BCUT2D eigenvalue weighted by molar-refractivity contribution is 0.231. The number of fused-ring (bicyclic) bond motifs is 3.